The Bertz CT molecular complexity index is 363. The summed E-state index contributed by atoms with van der Waals surface area (Å²) in [5.41, 5.74) is 6.48. The van der Waals surface area contributed by atoms with E-state index in [1.807, 2.05) is 0 Å². The van der Waals surface area contributed by atoms with Crippen molar-refractivity contribution in [3.63, 3.8) is 0 Å². The van der Waals surface area contributed by atoms with Crippen LogP contribution in [0.15, 0.2) is 18.2 Å². The molecule has 1 aromatic rings. The molecule has 0 aliphatic carbocycles. The topological polar surface area (TPSA) is 58.3 Å². The molecule has 102 valence electrons. The molecule has 1 unspecified atom stereocenters. The number of aliphatic hydroxyl groups is 1. The normalized spacial score (nSPS) is 12.7. The SMILES string of the molecule is NCC(NCCCCCO)c1ccc(Cl)c(F)c1. The molecule has 0 amide bonds. The van der Waals surface area contributed by atoms with Crippen molar-refractivity contribution in [3.8, 4) is 0 Å². The maximum Gasteiger partial charge on any atom is 0.142 e. The van der Waals surface area contributed by atoms with E-state index in [9.17, 15) is 4.39 Å². The Morgan fingerprint density at radius 1 is 1.33 bits per heavy atom. The van der Waals surface area contributed by atoms with Crippen LogP contribution in [0.5, 0.6) is 0 Å². The predicted molar refractivity (Wildman–Crippen MR) is 72.1 cm³/mol. The zero-order valence-electron chi connectivity index (χ0n) is 10.3. The number of unbranched alkanes of at least 4 members (excludes halogenated alkanes) is 2. The van der Waals surface area contributed by atoms with Crippen LogP contribution in [-0.2, 0) is 0 Å². The molecule has 0 bridgehead atoms. The van der Waals surface area contributed by atoms with Crippen molar-refractivity contribution in [3.05, 3.63) is 34.6 Å². The van der Waals surface area contributed by atoms with Gasteiger partial charge in [0.25, 0.3) is 0 Å². The first-order chi connectivity index (χ1) is 8.69. The molecule has 0 saturated heterocycles. The second-order valence-corrected chi connectivity index (χ2v) is 4.61. The van der Waals surface area contributed by atoms with Crippen LogP contribution in [0.25, 0.3) is 0 Å². The molecule has 0 spiro atoms. The number of nitrogens with two attached hydrogens (primary N) is 1. The van der Waals surface area contributed by atoms with Crippen molar-refractivity contribution in [2.24, 2.45) is 5.73 Å². The van der Waals surface area contributed by atoms with E-state index in [-0.39, 0.29) is 17.7 Å². The fourth-order valence-corrected chi connectivity index (χ4v) is 1.87. The minimum absolute atomic E-state index is 0.0640. The van der Waals surface area contributed by atoms with Gasteiger partial charge < -0.3 is 16.2 Å². The summed E-state index contributed by atoms with van der Waals surface area (Å²) in [4.78, 5) is 0. The maximum atomic E-state index is 13.3. The zero-order chi connectivity index (χ0) is 13.4. The van der Waals surface area contributed by atoms with Gasteiger partial charge in [0.15, 0.2) is 0 Å². The Labute approximate surface area is 112 Å². The highest BCUT2D eigenvalue weighted by atomic mass is 35.5. The lowest BCUT2D eigenvalue weighted by Crippen LogP contribution is -2.29. The minimum Gasteiger partial charge on any atom is -0.396 e. The van der Waals surface area contributed by atoms with Crippen molar-refractivity contribution in [2.45, 2.75) is 25.3 Å². The smallest absolute Gasteiger partial charge is 0.142 e. The molecule has 0 fully saturated rings. The average Bonchev–Trinajstić information content (AvgIpc) is 2.37. The van der Waals surface area contributed by atoms with Crippen LogP contribution in [0.1, 0.15) is 30.9 Å². The highest BCUT2D eigenvalue weighted by molar-refractivity contribution is 6.30. The predicted octanol–water partition coefficient (Wildman–Crippen LogP) is 2.23. The van der Waals surface area contributed by atoms with Crippen LogP contribution >= 0.6 is 11.6 Å². The highest BCUT2D eigenvalue weighted by Crippen LogP contribution is 2.19. The molecule has 1 aromatic carbocycles. The lowest BCUT2D eigenvalue weighted by atomic mass is 10.1. The highest BCUT2D eigenvalue weighted by Gasteiger charge is 2.10. The Hall–Kier alpha value is -0.680. The summed E-state index contributed by atoms with van der Waals surface area (Å²) >= 11 is 5.64. The Kier molecular flexibility index (Phi) is 7.20. The van der Waals surface area contributed by atoms with Crippen molar-refractivity contribution < 1.29 is 9.50 Å². The summed E-state index contributed by atoms with van der Waals surface area (Å²) in [6, 6.07) is 4.68. The summed E-state index contributed by atoms with van der Waals surface area (Å²) in [5.74, 6) is -0.422. The molecule has 4 N–H and O–H groups in total. The van der Waals surface area contributed by atoms with Crippen LogP contribution in [0.2, 0.25) is 5.02 Å². The molecular weight excluding hydrogens is 255 g/mol. The van der Waals surface area contributed by atoms with Crippen LogP contribution in [0.4, 0.5) is 4.39 Å². The maximum absolute atomic E-state index is 13.3. The summed E-state index contributed by atoms with van der Waals surface area (Å²) in [7, 11) is 0. The molecule has 1 atom stereocenters. The van der Waals surface area contributed by atoms with Gasteiger partial charge in [-0.15, -0.1) is 0 Å². The standard InChI is InChI=1S/C13H20ClFN2O/c14-11-5-4-10(8-12(11)15)13(9-16)17-6-2-1-3-7-18/h4-5,8,13,17-18H,1-3,6-7,9,16H2. The molecule has 5 heteroatoms. The van der Waals surface area contributed by atoms with E-state index in [0.717, 1.165) is 31.4 Å². The molecule has 0 saturated carbocycles. The van der Waals surface area contributed by atoms with Crippen LogP contribution in [0.3, 0.4) is 0 Å². The van der Waals surface area contributed by atoms with Crippen molar-refractivity contribution in [2.75, 3.05) is 19.7 Å². The molecule has 0 aliphatic heterocycles. The van der Waals surface area contributed by atoms with Gasteiger partial charge in [0.05, 0.1) is 5.02 Å². The van der Waals surface area contributed by atoms with E-state index in [1.165, 1.54) is 6.07 Å². The van der Waals surface area contributed by atoms with E-state index >= 15 is 0 Å². The monoisotopic (exact) mass is 274 g/mol. The molecule has 0 heterocycles. The first kappa shape index (κ1) is 15.4. The van der Waals surface area contributed by atoms with Crippen molar-refractivity contribution in [1.29, 1.82) is 0 Å². The quantitative estimate of drug-likeness (QED) is 0.637. The van der Waals surface area contributed by atoms with Gasteiger partial charge in [-0.1, -0.05) is 17.7 Å². The Balaban J connectivity index is 2.47. The van der Waals surface area contributed by atoms with E-state index < -0.39 is 5.82 Å². The number of nitrogens with one attached hydrogen (secondary N) is 1. The third-order valence-electron chi connectivity index (χ3n) is 2.81. The summed E-state index contributed by atoms with van der Waals surface area (Å²) in [6.45, 7) is 1.43. The van der Waals surface area contributed by atoms with E-state index in [2.05, 4.69) is 5.32 Å². The largest absolute Gasteiger partial charge is 0.396 e. The second-order valence-electron chi connectivity index (χ2n) is 4.20. The fourth-order valence-electron chi connectivity index (χ4n) is 1.76. The molecule has 0 aromatic heterocycles. The third-order valence-corrected chi connectivity index (χ3v) is 3.11. The van der Waals surface area contributed by atoms with Gasteiger partial charge in [-0.3, -0.25) is 0 Å². The second kappa shape index (κ2) is 8.43. The molecule has 0 aliphatic rings. The number of benzene rings is 1. The lowest BCUT2D eigenvalue weighted by Gasteiger charge is -2.17. The minimum atomic E-state index is -0.422. The third kappa shape index (κ3) is 4.90. The van der Waals surface area contributed by atoms with E-state index in [0.29, 0.717) is 6.54 Å². The molecular formula is C13H20ClFN2O. The van der Waals surface area contributed by atoms with Gasteiger partial charge in [0, 0.05) is 19.2 Å². The summed E-state index contributed by atoms with van der Waals surface area (Å²) < 4.78 is 13.3. The van der Waals surface area contributed by atoms with Crippen LogP contribution in [0, 0.1) is 5.82 Å². The number of aliphatic hydroxyl groups excluding tert-OH is 1. The Morgan fingerprint density at radius 2 is 2.11 bits per heavy atom. The van der Waals surface area contributed by atoms with Crippen molar-refractivity contribution >= 4 is 11.6 Å². The Morgan fingerprint density at radius 3 is 2.72 bits per heavy atom. The van der Waals surface area contributed by atoms with Gasteiger partial charge in [-0.05, 0) is 43.5 Å². The fraction of sp³-hybridized carbons (Fsp3) is 0.538. The van der Waals surface area contributed by atoms with Gasteiger partial charge in [-0.25, -0.2) is 4.39 Å². The lowest BCUT2D eigenvalue weighted by molar-refractivity contribution is 0.282. The molecule has 3 nitrogen and oxygen atoms in total. The van der Waals surface area contributed by atoms with Gasteiger partial charge in [0.1, 0.15) is 5.82 Å². The van der Waals surface area contributed by atoms with Crippen molar-refractivity contribution in [1.82, 2.24) is 5.32 Å². The molecule has 18 heavy (non-hydrogen) atoms. The molecule has 1 rings (SSSR count). The van der Waals surface area contributed by atoms with E-state index in [1.54, 1.807) is 12.1 Å². The summed E-state index contributed by atoms with van der Waals surface area (Å²) in [6.07, 6.45) is 2.74. The van der Waals surface area contributed by atoms with Gasteiger partial charge in [0.2, 0.25) is 0 Å². The average molecular weight is 275 g/mol. The van der Waals surface area contributed by atoms with Crippen LogP contribution in [-0.4, -0.2) is 24.8 Å². The van der Waals surface area contributed by atoms with Gasteiger partial charge in [-0.2, -0.15) is 0 Å². The number of hydrogen-bond donors (Lipinski definition) is 3. The zero-order valence-corrected chi connectivity index (χ0v) is 11.1. The van der Waals surface area contributed by atoms with Gasteiger partial charge >= 0.3 is 0 Å². The first-order valence-electron chi connectivity index (χ1n) is 6.18. The van der Waals surface area contributed by atoms with Crippen LogP contribution < -0.4 is 11.1 Å². The van der Waals surface area contributed by atoms with E-state index in [4.69, 9.17) is 22.4 Å². The number of halogens is 2. The molecule has 0 radical (unpaired) electrons. The summed E-state index contributed by atoms with van der Waals surface area (Å²) in [5, 5.41) is 12.1. The number of rotatable bonds is 8. The number of hydrogen-bond acceptors (Lipinski definition) is 3. The first-order valence-corrected chi connectivity index (χ1v) is 6.56.